The summed E-state index contributed by atoms with van der Waals surface area (Å²) in [5, 5.41) is 12.9. The van der Waals surface area contributed by atoms with Crippen LogP contribution >= 0.6 is 0 Å². The van der Waals surface area contributed by atoms with E-state index in [0.29, 0.717) is 17.9 Å². The maximum Gasteiger partial charge on any atom is 0.239 e. The van der Waals surface area contributed by atoms with Gasteiger partial charge in [0.1, 0.15) is 17.6 Å². The zero-order valence-electron chi connectivity index (χ0n) is 21.4. The number of anilines is 2. The molecule has 0 spiro atoms. The van der Waals surface area contributed by atoms with E-state index in [2.05, 4.69) is 28.4 Å². The number of benzene rings is 2. The number of nitrogens with one attached hydrogen (secondary N) is 1. The van der Waals surface area contributed by atoms with Gasteiger partial charge in [-0.1, -0.05) is 18.2 Å². The van der Waals surface area contributed by atoms with E-state index in [1.807, 2.05) is 66.8 Å². The number of likely N-dealkylation sites (N-methyl/N-ethyl adjacent to an activating group) is 1. The third kappa shape index (κ3) is 5.38. The van der Waals surface area contributed by atoms with Crippen molar-refractivity contribution in [1.82, 2.24) is 9.47 Å². The predicted octanol–water partition coefficient (Wildman–Crippen LogP) is 3.88. The molecule has 0 atom stereocenters. The third-order valence-corrected chi connectivity index (χ3v) is 6.61. The molecule has 3 aromatic rings. The number of carbonyl (C=O) groups is 1. The molecule has 188 valence electrons. The van der Waals surface area contributed by atoms with Crippen molar-refractivity contribution < 1.29 is 14.3 Å². The number of aromatic nitrogens is 1. The largest absolute Gasteiger partial charge is 0.497 e. The lowest BCUT2D eigenvalue weighted by Gasteiger charge is -2.31. The summed E-state index contributed by atoms with van der Waals surface area (Å²) in [5.74, 6) is 1.06. The maximum absolute atomic E-state index is 13.1. The van der Waals surface area contributed by atoms with Gasteiger partial charge in [0.05, 0.1) is 32.4 Å². The minimum absolute atomic E-state index is 0.176. The first-order valence-electron chi connectivity index (χ1n) is 12.1. The van der Waals surface area contributed by atoms with Gasteiger partial charge in [-0.3, -0.25) is 14.3 Å². The average Bonchev–Trinajstić information content (AvgIpc) is 3.13. The molecule has 8 nitrogen and oxygen atoms in total. The number of para-hydroxylation sites is 1. The topological polar surface area (TPSA) is 82.8 Å². The number of hydrogen-bond donors (Lipinski definition) is 1. The first-order valence-corrected chi connectivity index (χ1v) is 12.1. The highest BCUT2D eigenvalue weighted by molar-refractivity contribution is 5.93. The quantitative estimate of drug-likeness (QED) is 0.519. The molecule has 4 rings (SSSR count). The zero-order valence-corrected chi connectivity index (χ0v) is 21.4. The van der Waals surface area contributed by atoms with Crippen LogP contribution in [0.5, 0.6) is 5.75 Å². The molecule has 1 aromatic heterocycles. The van der Waals surface area contributed by atoms with Crippen molar-refractivity contribution >= 4 is 17.4 Å². The van der Waals surface area contributed by atoms with Gasteiger partial charge in [0.2, 0.25) is 5.91 Å². The van der Waals surface area contributed by atoms with Crippen LogP contribution in [0.25, 0.3) is 5.69 Å². The smallest absolute Gasteiger partial charge is 0.239 e. The van der Waals surface area contributed by atoms with Crippen LogP contribution in [0, 0.1) is 25.2 Å². The molecule has 0 bridgehead atoms. The molecule has 1 N–H and O–H groups in total. The Morgan fingerprint density at radius 3 is 2.50 bits per heavy atom. The average molecular weight is 488 g/mol. The first-order chi connectivity index (χ1) is 17.4. The highest BCUT2D eigenvalue weighted by Crippen LogP contribution is 2.31. The Kier molecular flexibility index (Phi) is 7.93. The van der Waals surface area contributed by atoms with E-state index in [4.69, 9.17) is 9.47 Å². The molecule has 36 heavy (non-hydrogen) atoms. The summed E-state index contributed by atoms with van der Waals surface area (Å²) in [6.07, 6.45) is 0. The second-order valence-electron chi connectivity index (χ2n) is 9.03. The molecule has 1 aliphatic rings. The molecule has 1 aliphatic heterocycles. The van der Waals surface area contributed by atoms with Crippen LogP contribution < -0.4 is 15.0 Å². The lowest BCUT2D eigenvalue weighted by atomic mass is 10.1. The minimum Gasteiger partial charge on any atom is -0.497 e. The number of ether oxygens (including phenoxy) is 2. The van der Waals surface area contributed by atoms with E-state index in [0.717, 1.165) is 49.0 Å². The molecule has 0 radical (unpaired) electrons. The summed E-state index contributed by atoms with van der Waals surface area (Å²) < 4.78 is 12.7. The normalized spacial score (nSPS) is 13.5. The van der Waals surface area contributed by atoms with Crippen molar-refractivity contribution in [2.75, 3.05) is 57.2 Å². The number of nitriles is 1. The van der Waals surface area contributed by atoms with Gasteiger partial charge in [-0.05, 0) is 62.4 Å². The number of morpholine rings is 1. The highest BCUT2D eigenvalue weighted by atomic mass is 16.5. The number of hydrogen-bond acceptors (Lipinski definition) is 6. The standard InChI is InChI=1S/C28H33N5O3/c1-20-21(2)33(23-9-11-24(35-4)12-10-23)28(25(20)17-29)30-27(34)19-31(3)18-22-7-5-6-8-26(22)32-13-15-36-16-14-32/h5-12H,13-16,18-19H2,1-4H3,(H,30,34). The summed E-state index contributed by atoms with van der Waals surface area (Å²) in [4.78, 5) is 17.5. The fourth-order valence-electron chi connectivity index (χ4n) is 4.64. The zero-order chi connectivity index (χ0) is 25.7. The second-order valence-corrected chi connectivity index (χ2v) is 9.03. The predicted molar refractivity (Wildman–Crippen MR) is 141 cm³/mol. The molecule has 1 amide bonds. The van der Waals surface area contributed by atoms with Crippen LogP contribution in [0.15, 0.2) is 48.5 Å². The molecule has 8 heteroatoms. The summed E-state index contributed by atoms with van der Waals surface area (Å²) in [5.41, 5.74) is 5.41. The van der Waals surface area contributed by atoms with Gasteiger partial charge in [0.25, 0.3) is 0 Å². The number of nitrogens with zero attached hydrogens (tertiary/aromatic N) is 4. The van der Waals surface area contributed by atoms with E-state index in [1.165, 1.54) is 11.3 Å². The Labute approximate surface area is 212 Å². The second kappa shape index (κ2) is 11.3. The summed E-state index contributed by atoms with van der Waals surface area (Å²) in [6, 6.07) is 18.1. The van der Waals surface area contributed by atoms with Crippen molar-refractivity contribution in [1.29, 1.82) is 5.26 Å². The van der Waals surface area contributed by atoms with Crippen LogP contribution in [0.3, 0.4) is 0 Å². The van der Waals surface area contributed by atoms with Crippen molar-refractivity contribution in [2.45, 2.75) is 20.4 Å². The molecule has 2 aromatic carbocycles. The first kappa shape index (κ1) is 25.3. The van der Waals surface area contributed by atoms with Crippen molar-refractivity contribution in [3.63, 3.8) is 0 Å². The van der Waals surface area contributed by atoms with Crippen LogP contribution in [0.1, 0.15) is 22.4 Å². The number of rotatable bonds is 8. The van der Waals surface area contributed by atoms with E-state index in [1.54, 1.807) is 7.11 Å². The van der Waals surface area contributed by atoms with Crippen molar-refractivity contribution in [2.24, 2.45) is 0 Å². The van der Waals surface area contributed by atoms with Gasteiger partial charge >= 0.3 is 0 Å². The van der Waals surface area contributed by atoms with Crippen LogP contribution in [-0.2, 0) is 16.1 Å². The third-order valence-electron chi connectivity index (χ3n) is 6.61. The van der Waals surface area contributed by atoms with Crippen LogP contribution in [0.4, 0.5) is 11.5 Å². The number of carbonyl (C=O) groups excluding carboxylic acids is 1. The molecule has 1 saturated heterocycles. The monoisotopic (exact) mass is 487 g/mol. The highest BCUT2D eigenvalue weighted by Gasteiger charge is 2.22. The van der Waals surface area contributed by atoms with Gasteiger partial charge in [0, 0.05) is 36.7 Å². The van der Waals surface area contributed by atoms with Gasteiger partial charge in [-0.25, -0.2) is 0 Å². The molecule has 0 saturated carbocycles. The molecular weight excluding hydrogens is 454 g/mol. The van der Waals surface area contributed by atoms with Gasteiger partial charge in [-0.15, -0.1) is 0 Å². The molecule has 2 heterocycles. The van der Waals surface area contributed by atoms with Crippen molar-refractivity contribution in [3.05, 3.63) is 70.9 Å². The lowest BCUT2D eigenvalue weighted by molar-refractivity contribution is -0.117. The summed E-state index contributed by atoms with van der Waals surface area (Å²) in [7, 11) is 3.55. The molecule has 1 fully saturated rings. The van der Waals surface area contributed by atoms with Crippen LogP contribution in [0.2, 0.25) is 0 Å². The SMILES string of the molecule is COc1ccc(-n2c(C)c(C)c(C#N)c2NC(=O)CN(C)Cc2ccccc2N2CCOCC2)cc1. The van der Waals surface area contributed by atoms with Crippen molar-refractivity contribution in [3.8, 4) is 17.5 Å². The fourth-order valence-corrected chi connectivity index (χ4v) is 4.64. The number of amides is 1. The fraction of sp³-hybridized carbons (Fsp3) is 0.357. The Bertz CT molecular complexity index is 1250. The van der Waals surface area contributed by atoms with Crippen LogP contribution in [-0.4, -0.2) is 62.4 Å². The molecule has 0 unspecified atom stereocenters. The van der Waals surface area contributed by atoms with Gasteiger partial charge < -0.3 is 19.7 Å². The Balaban J connectivity index is 1.51. The Morgan fingerprint density at radius 2 is 1.83 bits per heavy atom. The van der Waals surface area contributed by atoms with Gasteiger partial charge in [-0.2, -0.15) is 5.26 Å². The van der Waals surface area contributed by atoms with Gasteiger partial charge in [0.15, 0.2) is 0 Å². The molecule has 0 aliphatic carbocycles. The summed E-state index contributed by atoms with van der Waals surface area (Å²) >= 11 is 0. The summed E-state index contributed by atoms with van der Waals surface area (Å²) in [6.45, 7) is 7.83. The Hall–Kier alpha value is -3.80. The minimum atomic E-state index is -0.176. The Morgan fingerprint density at radius 1 is 1.14 bits per heavy atom. The number of methoxy groups -OCH3 is 1. The van der Waals surface area contributed by atoms with E-state index in [9.17, 15) is 10.1 Å². The van der Waals surface area contributed by atoms with E-state index >= 15 is 0 Å². The van der Waals surface area contributed by atoms with E-state index in [-0.39, 0.29) is 12.5 Å². The molecular formula is C28H33N5O3. The van der Waals surface area contributed by atoms with E-state index < -0.39 is 0 Å². The maximum atomic E-state index is 13.1. The lowest BCUT2D eigenvalue weighted by Crippen LogP contribution is -2.37.